The summed E-state index contributed by atoms with van der Waals surface area (Å²) in [6.45, 7) is 1.34. The molecule has 1 aliphatic carbocycles. The molecule has 2 aliphatic rings. The number of ether oxygens (including phenoxy) is 1. The van der Waals surface area contributed by atoms with Crippen LogP contribution < -0.4 is 21.1 Å². The standard InChI is InChI=1S/C18H24ClN3O3/c19-13-3-5-14(6-4-13)25-18(9-11-21-12-10-18)16(24)22-17(15(20)23)7-1-2-8-17/h3-6,21H,1-2,7-12H2,(H2,20,23)(H,22,24). The molecule has 1 aromatic rings. The van der Waals surface area contributed by atoms with E-state index in [1.807, 2.05) is 0 Å². The number of halogens is 1. The van der Waals surface area contributed by atoms with Gasteiger partial charge in [-0.1, -0.05) is 24.4 Å². The fourth-order valence-electron chi connectivity index (χ4n) is 3.68. The Bertz CT molecular complexity index is 635. The summed E-state index contributed by atoms with van der Waals surface area (Å²) in [5.74, 6) is -0.139. The van der Waals surface area contributed by atoms with Crippen LogP contribution in [0.3, 0.4) is 0 Å². The zero-order valence-electron chi connectivity index (χ0n) is 14.1. The number of carbonyl (C=O) groups excluding carboxylic acids is 2. The van der Waals surface area contributed by atoms with E-state index in [4.69, 9.17) is 22.1 Å². The third-order valence-corrected chi connectivity index (χ3v) is 5.49. The first-order valence-corrected chi connectivity index (χ1v) is 9.11. The quantitative estimate of drug-likeness (QED) is 0.741. The van der Waals surface area contributed by atoms with Crippen LogP contribution in [0.2, 0.25) is 5.02 Å². The molecule has 0 bridgehead atoms. The molecule has 0 aromatic heterocycles. The molecule has 0 radical (unpaired) electrons. The van der Waals surface area contributed by atoms with Crippen LogP contribution in [0.4, 0.5) is 0 Å². The number of nitrogens with two attached hydrogens (primary N) is 1. The van der Waals surface area contributed by atoms with Gasteiger partial charge in [-0.25, -0.2) is 0 Å². The maximum Gasteiger partial charge on any atom is 0.265 e. The first kappa shape index (κ1) is 18.0. The third kappa shape index (κ3) is 3.75. The van der Waals surface area contributed by atoms with E-state index in [-0.39, 0.29) is 5.91 Å². The van der Waals surface area contributed by atoms with Crippen LogP contribution in [-0.2, 0) is 9.59 Å². The average molecular weight is 366 g/mol. The number of hydrogen-bond acceptors (Lipinski definition) is 4. The van der Waals surface area contributed by atoms with Gasteiger partial charge in [0.1, 0.15) is 11.3 Å². The van der Waals surface area contributed by atoms with Gasteiger partial charge in [0, 0.05) is 17.9 Å². The van der Waals surface area contributed by atoms with E-state index < -0.39 is 17.0 Å². The first-order chi connectivity index (χ1) is 12.0. The fraction of sp³-hybridized carbons (Fsp3) is 0.556. The number of amides is 2. The lowest BCUT2D eigenvalue weighted by Gasteiger charge is -2.39. The summed E-state index contributed by atoms with van der Waals surface area (Å²) in [4.78, 5) is 25.1. The molecular formula is C18H24ClN3O3. The minimum atomic E-state index is -1.01. The van der Waals surface area contributed by atoms with Crippen LogP contribution in [0, 0.1) is 0 Å². The van der Waals surface area contributed by atoms with Crippen LogP contribution in [0.25, 0.3) is 0 Å². The predicted molar refractivity (Wildman–Crippen MR) is 95.5 cm³/mol. The van der Waals surface area contributed by atoms with Crippen molar-refractivity contribution in [1.82, 2.24) is 10.6 Å². The topological polar surface area (TPSA) is 93.5 Å². The normalized spacial score (nSPS) is 21.5. The lowest BCUT2D eigenvalue weighted by Crippen LogP contribution is -2.64. The molecule has 1 aromatic carbocycles. The molecule has 0 atom stereocenters. The number of benzene rings is 1. The van der Waals surface area contributed by atoms with Crippen LogP contribution >= 0.6 is 11.6 Å². The predicted octanol–water partition coefficient (Wildman–Crippen LogP) is 1.76. The van der Waals surface area contributed by atoms with Crippen LogP contribution in [0.1, 0.15) is 38.5 Å². The van der Waals surface area contributed by atoms with Gasteiger partial charge in [-0.15, -0.1) is 0 Å². The Morgan fingerprint density at radius 3 is 2.24 bits per heavy atom. The number of carbonyl (C=O) groups is 2. The number of piperidine rings is 1. The van der Waals surface area contributed by atoms with Gasteiger partial charge < -0.3 is 21.1 Å². The van der Waals surface area contributed by atoms with E-state index in [0.29, 0.717) is 49.5 Å². The second kappa shape index (κ2) is 7.22. The molecule has 0 spiro atoms. The van der Waals surface area contributed by atoms with Crippen LogP contribution in [-0.4, -0.2) is 36.0 Å². The molecular weight excluding hydrogens is 342 g/mol. The van der Waals surface area contributed by atoms with Gasteiger partial charge in [0.2, 0.25) is 5.91 Å². The van der Waals surface area contributed by atoms with Crippen molar-refractivity contribution < 1.29 is 14.3 Å². The fourth-order valence-corrected chi connectivity index (χ4v) is 3.80. The maximum atomic E-state index is 13.2. The molecule has 1 saturated carbocycles. The minimum Gasteiger partial charge on any atom is -0.477 e. The van der Waals surface area contributed by atoms with E-state index >= 15 is 0 Å². The Morgan fingerprint density at radius 2 is 1.68 bits per heavy atom. The van der Waals surface area contributed by atoms with Crippen molar-refractivity contribution in [3.05, 3.63) is 29.3 Å². The molecule has 1 heterocycles. The number of rotatable bonds is 5. The van der Waals surface area contributed by atoms with Crippen molar-refractivity contribution >= 4 is 23.4 Å². The Balaban J connectivity index is 1.83. The largest absolute Gasteiger partial charge is 0.477 e. The molecule has 1 saturated heterocycles. The smallest absolute Gasteiger partial charge is 0.265 e. The highest BCUT2D eigenvalue weighted by atomic mass is 35.5. The molecule has 2 amide bonds. The van der Waals surface area contributed by atoms with Crippen LogP contribution in [0.5, 0.6) is 5.75 Å². The third-order valence-electron chi connectivity index (χ3n) is 5.23. The lowest BCUT2D eigenvalue weighted by molar-refractivity contribution is -0.144. The average Bonchev–Trinajstić information content (AvgIpc) is 3.08. The minimum absolute atomic E-state index is 0.260. The summed E-state index contributed by atoms with van der Waals surface area (Å²) in [6, 6.07) is 6.95. The molecule has 1 aliphatic heterocycles. The van der Waals surface area contributed by atoms with Gasteiger partial charge in [-0.3, -0.25) is 9.59 Å². The number of nitrogens with one attached hydrogen (secondary N) is 2. The second-order valence-electron chi connectivity index (χ2n) is 6.91. The molecule has 2 fully saturated rings. The van der Waals surface area contributed by atoms with Gasteiger partial charge in [-0.2, -0.15) is 0 Å². The summed E-state index contributed by atoms with van der Waals surface area (Å²) in [5.41, 5.74) is 3.65. The summed E-state index contributed by atoms with van der Waals surface area (Å²) >= 11 is 5.92. The highest BCUT2D eigenvalue weighted by Crippen LogP contribution is 2.33. The van der Waals surface area contributed by atoms with E-state index in [1.165, 1.54) is 0 Å². The van der Waals surface area contributed by atoms with Gasteiger partial charge in [-0.05, 0) is 50.2 Å². The SMILES string of the molecule is NC(=O)C1(NC(=O)C2(Oc3ccc(Cl)cc3)CCNCC2)CCCC1. The van der Waals surface area contributed by atoms with E-state index in [0.717, 1.165) is 12.8 Å². The molecule has 136 valence electrons. The summed E-state index contributed by atoms with van der Waals surface area (Å²) in [6.07, 6.45) is 3.99. The molecule has 6 nitrogen and oxygen atoms in total. The Morgan fingerprint density at radius 1 is 1.08 bits per heavy atom. The molecule has 3 rings (SSSR count). The van der Waals surface area contributed by atoms with E-state index in [2.05, 4.69) is 10.6 Å². The molecule has 7 heteroatoms. The van der Waals surface area contributed by atoms with Gasteiger partial charge in [0.05, 0.1) is 0 Å². The molecule has 4 N–H and O–H groups in total. The Labute approximate surface area is 152 Å². The van der Waals surface area contributed by atoms with Crippen molar-refractivity contribution in [2.75, 3.05) is 13.1 Å². The van der Waals surface area contributed by atoms with Crippen molar-refractivity contribution in [3.63, 3.8) is 0 Å². The van der Waals surface area contributed by atoms with E-state index in [1.54, 1.807) is 24.3 Å². The number of primary amides is 1. The Kier molecular flexibility index (Phi) is 5.20. The van der Waals surface area contributed by atoms with Crippen molar-refractivity contribution in [2.24, 2.45) is 5.73 Å². The first-order valence-electron chi connectivity index (χ1n) is 8.74. The van der Waals surface area contributed by atoms with Crippen molar-refractivity contribution in [1.29, 1.82) is 0 Å². The van der Waals surface area contributed by atoms with Crippen molar-refractivity contribution in [2.45, 2.75) is 49.7 Å². The summed E-state index contributed by atoms with van der Waals surface area (Å²) in [7, 11) is 0. The second-order valence-corrected chi connectivity index (χ2v) is 7.34. The molecule has 25 heavy (non-hydrogen) atoms. The van der Waals surface area contributed by atoms with E-state index in [9.17, 15) is 9.59 Å². The lowest BCUT2D eigenvalue weighted by atomic mass is 9.88. The zero-order chi connectivity index (χ0) is 17.9. The summed E-state index contributed by atoms with van der Waals surface area (Å²) < 4.78 is 6.13. The zero-order valence-corrected chi connectivity index (χ0v) is 14.9. The highest BCUT2D eigenvalue weighted by Gasteiger charge is 2.48. The van der Waals surface area contributed by atoms with Gasteiger partial charge in [0.25, 0.3) is 5.91 Å². The monoisotopic (exact) mass is 365 g/mol. The van der Waals surface area contributed by atoms with Gasteiger partial charge >= 0.3 is 0 Å². The van der Waals surface area contributed by atoms with Crippen LogP contribution in [0.15, 0.2) is 24.3 Å². The highest BCUT2D eigenvalue weighted by molar-refractivity contribution is 6.30. The molecule has 0 unspecified atom stereocenters. The van der Waals surface area contributed by atoms with Gasteiger partial charge in [0.15, 0.2) is 5.60 Å². The summed E-state index contributed by atoms with van der Waals surface area (Å²) in [5, 5.41) is 6.79. The van der Waals surface area contributed by atoms with Crippen molar-refractivity contribution in [3.8, 4) is 5.75 Å². The Hall–Kier alpha value is -1.79. The maximum absolute atomic E-state index is 13.2. The number of hydrogen-bond donors (Lipinski definition) is 3.